The van der Waals surface area contributed by atoms with Crippen LogP contribution >= 0.6 is 11.8 Å². The summed E-state index contributed by atoms with van der Waals surface area (Å²) in [7, 11) is 1.80. The van der Waals surface area contributed by atoms with Gasteiger partial charge in [0.2, 0.25) is 0 Å². The first kappa shape index (κ1) is 12.6. The summed E-state index contributed by atoms with van der Waals surface area (Å²) in [5, 5.41) is 0. The summed E-state index contributed by atoms with van der Waals surface area (Å²) in [6.45, 7) is 12.5. The van der Waals surface area contributed by atoms with E-state index in [1.54, 1.807) is 11.9 Å². The van der Waals surface area contributed by atoms with E-state index in [9.17, 15) is 4.79 Å². The number of likely N-dealkylation sites (N-methyl/N-ethyl adjacent to an activating group) is 1. The molecule has 0 bridgehead atoms. The van der Waals surface area contributed by atoms with E-state index in [4.69, 9.17) is 11.8 Å². The van der Waals surface area contributed by atoms with Gasteiger partial charge in [-0.3, -0.25) is 0 Å². The van der Waals surface area contributed by atoms with Crippen LogP contribution in [-0.2, 0) is 0 Å². The van der Waals surface area contributed by atoms with Crippen LogP contribution in [0.25, 0.3) is 0 Å². The Labute approximate surface area is 97.5 Å². The summed E-state index contributed by atoms with van der Waals surface area (Å²) in [5.41, 5.74) is -0.768. The zero-order chi connectivity index (χ0) is 12.2. The minimum absolute atomic E-state index is 0.0847. The lowest BCUT2D eigenvalue weighted by molar-refractivity contribution is 0.0342. The lowest BCUT2D eigenvalue weighted by Crippen LogP contribution is -2.61. The van der Waals surface area contributed by atoms with Crippen molar-refractivity contribution in [3.8, 4) is 0 Å². The zero-order valence-corrected chi connectivity index (χ0v) is 11.4. The lowest BCUT2D eigenvalue weighted by Gasteiger charge is -2.50. The summed E-state index contributed by atoms with van der Waals surface area (Å²) in [6.07, 6.45) is 0. The number of halogens is 1. The normalized spacial score (nSPS) is 31.3. The molecule has 1 rings (SSSR count). The van der Waals surface area contributed by atoms with Crippen LogP contribution in [0.15, 0.2) is 0 Å². The fraction of sp³-hybridized carbons (Fsp3) is 0.909. The zero-order valence-electron chi connectivity index (χ0n) is 10.7. The van der Waals surface area contributed by atoms with Gasteiger partial charge in [-0.2, -0.15) is 0 Å². The van der Waals surface area contributed by atoms with Crippen LogP contribution in [0.5, 0.6) is 0 Å². The predicted molar refractivity (Wildman–Crippen MR) is 62.8 cm³/mol. The molecule has 0 aromatic rings. The van der Waals surface area contributed by atoms with Gasteiger partial charge in [0.25, 0.3) is 0 Å². The third-order valence-corrected chi connectivity index (χ3v) is 4.82. The largest absolute Gasteiger partial charge is 0.335 e. The standard InChI is InChI=1S/C11H21ClN2O/c1-9(2,3)11(6)10(4,5)13(7)8(15)14(11)12/h1-7H3. The molecule has 88 valence electrons. The van der Waals surface area contributed by atoms with Crippen molar-refractivity contribution in [1.29, 1.82) is 0 Å². The van der Waals surface area contributed by atoms with Crippen molar-refractivity contribution in [2.75, 3.05) is 7.05 Å². The first-order valence-corrected chi connectivity index (χ1v) is 5.55. The Morgan fingerprint density at radius 2 is 1.60 bits per heavy atom. The third kappa shape index (κ3) is 1.28. The fourth-order valence-corrected chi connectivity index (χ4v) is 2.91. The number of urea groups is 1. The van der Waals surface area contributed by atoms with Crippen LogP contribution in [0.3, 0.4) is 0 Å². The first-order chi connectivity index (χ1) is 6.48. The summed E-state index contributed by atoms with van der Waals surface area (Å²) in [4.78, 5) is 13.6. The van der Waals surface area contributed by atoms with Crippen LogP contribution in [0, 0.1) is 5.41 Å². The Morgan fingerprint density at radius 1 is 1.20 bits per heavy atom. The van der Waals surface area contributed by atoms with Crippen LogP contribution in [0.1, 0.15) is 41.5 Å². The van der Waals surface area contributed by atoms with Crippen LogP contribution in [0.4, 0.5) is 4.79 Å². The molecule has 0 aliphatic carbocycles. The first-order valence-electron chi connectivity index (χ1n) is 5.21. The van der Waals surface area contributed by atoms with Gasteiger partial charge in [0.05, 0.1) is 11.1 Å². The van der Waals surface area contributed by atoms with E-state index in [0.717, 1.165) is 0 Å². The average molecular weight is 233 g/mol. The van der Waals surface area contributed by atoms with Gasteiger partial charge in [-0.25, -0.2) is 9.21 Å². The highest BCUT2D eigenvalue weighted by Gasteiger charge is 2.63. The highest BCUT2D eigenvalue weighted by atomic mass is 35.5. The van der Waals surface area contributed by atoms with Gasteiger partial charge in [-0.1, -0.05) is 20.8 Å². The van der Waals surface area contributed by atoms with Crippen molar-refractivity contribution in [2.45, 2.75) is 52.6 Å². The molecule has 0 spiro atoms. The molecule has 2 amide bonds. The molecule has 1 fully saturated rings. The van der Waals surface area contributed by atoms with E-state index >= 15 is 0 Å². The Hall–Kier alpha value is -0.440. The smallest absolute Gasteiger partial charge is 0.319 e. The predicted octanol–water partition coefficient (Wildman–Crippen LogP) is 3.09. The van der Waals surface area contributed by atoms with Crippen molar-refractivity contribution in [1.82, 2.24) is 9.32 Å². The molecule has 0 aromatic heterocycles. The third-order valence-electron chi connectivity index (χ3n) is 4.34. The van der Waals surface area contributed by atoms with Gasteiger partial charge in [-0.15, -0.1) is 0 Å². The second kappa shape index (κ2) is 3.03. The Morgan fingerprint density at radius 3 is 1.73 bits per heavy atom. The number of amides is 2. The van der Waals surface area contributed by atoms with E-state index in [-0.39, 0.29) is 17.0 Å². The lowest BCUT2D eigenvalue weighted by atomic mass is 9.65. The van der Waals surface area contributed by atoms with Gasteiger partial charge < -0.3 is 4.90 Å². The molecule has 1 atom stereocenters. The number of hydrogen-bond acceptors (Lipinski definition) is 1. The minimum atomic E-state index is -0.395. The molecule has 1 saturated heterocycles. The second-order valence-corrected chi connectivity index (χ2v) is 6.34. The quantitative estimate of drug-likeness (QED) is 0.589. The number of rotatable bonds is 0. The highest BCUT2D eigenvalue weighted by Crippen LogP contribution is 2.51. The Balaban J connectivity index is 3.36. The Bertz CT molecular complexity index is 295. The summed E-state index contributed by atoms with van der Waals surface area (Å²) < 4.78 is 1.35. The molecule has 1 aliphatic heterocycles. The van der Waals surface area contributed by atoms with Crippen molar-refractivity contribution >= 4 is 17.8 Å². The van der Waals surface area contributed by atoms with E-state index in [2.05, 4.69) is 34.6 Å². The summed E-state index contributed by atoms with van der Waals surface area (Å²) in [5.74, 6) is 0. The molecule has 0 aromatic carbocycles. The van der Waals surface area contributed by atoms with E-state index in [1.165, 1.54) is 4.42 Å². The van der Waals surface area contributed by atoms with Gasteiger partial charge in [0.1, 0.15) is 0 Å². The van der Waals surface area contributed by atoms with Crippen LogP contribution in [0.2, 0.25) is 0 Å². The van der Waals surface area contributed by atoms with Crippen molar-refractivity contribution in [2.24, 2.45) is 5.41 Å². The van der Waals surface area contributed by atoms with Gasteiger partial charge >= 0.3 is 6.03 Å². The van der Waals surface area contributed by atoms with E-state index in [0.29, 0.717) is 0 Å². The van der Waals surface area contributed by atoms with E-state index < -0.39 is 5.54 Å². The molecule has 3 nitrogen and oxygen atoms in total. The van der Waals surface area contributed by atoms with Gasteiger partial charge in [-0.05, 0) is 26.2 Å². The molecule has 1 aliphatic rings. The van der Waals surface area contributed by atoms with Crippen molar-refractivity contribution in [3.05, 3.63) is 0 Å². The molecule has 0 N–H and O–H groups in total. The molecule has 1 unspecified atom stereocenters. The summed E-state index contributed by atoms with van der Waals surface area (Å²) in [6, 6.07) is -0.126. The fourth-order valence-electron chi connectivity index (χ4n) is 2.34. The monoisotopic (exact) mass is 232 g/mol. The highest BCUT2D eigenvalue weighted by molar-refractivity contribution is 6.22. The topological polar surface area (TPSA) is 23.6 Å². The van der Waals surface area contributed by atoms with Crippen LogP contribution < -0.4 is 0 Å². The Kier molecular flexibility index (Phi) is 2.55. The van der Waals surface area contributed by atoms with Gasteiger partial charge in [0.15, 0.2) is 0 Å². The number of carbonyl (C=O) groups is 1. The molecular weight excluding hydrogens is 212 g/mol. The SMILES string of the molecule is CN1C(=O)N(Cl)C(C)(C(C)(C)C)C1(C)C. The second-order valence-electron chi connectivity index (χ2n) is 6.00. The van der Waals surface area contributed by atoms with E-state index in [1.807, 2.05) is 6.92 Å². The number of carbonyl (C=O) groups excluding carboxylic acids is 1. The number of hydrogen-bond donors (Lipinski definition) is 0. The molecule has 15 heavy (non-hydrogen) atoms. The maximum Gasteiger partial charge on any atom is 0.335 e. The van der Waals surface area contributed by atoms with Crippen molar-refractivity contribution in [3.63, 3.8) is 0 Å². The number of nitrogens with zero attached hydrogens (tertiary/aromatic N) is 2. The maximum absolute atomic E-state index is 11.9. The molecule has 0 saturated carbocycles. The molecular formula is C11H21ClN2O. The van der Waals surface area contributed by atoms with Crippen molar-refractivity contribution < 1.29 is 4.79 Å². The minimum Gasteiger partial charge on any atom is -0.319 e. The molecule has 1 heterocycles. The van der Waals surface area contributed by atoms with Gasteiger partial charge in [0, 0.05) is 18.8 Å². The van der Waals surface area contributed by atoms with Crippen LogP contribution in [-0.4, -0.2) is 33.5 Å². The summed E-state index contributed by atoms with van der Waals surface area (Å²) >= 11 is 6.18. The average Bonchev–Trinajstić information content (AvgIpc) is 2.19. The molecule has 4 heteroatoms. The molecule has 0 radical (unpaired) electrons. The maximum atomic E-state index is 11.9.